The molecular formula is C9H12NO4P. The van der Waals surface area contributed by atoms with Gasteiger partial charge in [0.2, 0.25) is 0 Å². The highest BCUT2D eigenvalue weighted by molar-refractivity contribution is 7.10. The van der Waals surface area contributed by atoms with Crippen LogP contribution in [0.2, 0.25) is 0 Å². The molecule has 0 aliphatic rings. The number of carbonyl (C=O) groups is 1. The number of hydrogen-bond acceptors (Lipinski definition) is 4. The molecule has 6 heteroatoms. The molecule has 0 fully saturated rings. The first-order chi connectivity index (χ1) is 7.04. The molecule has 1 aromatic rings. The third-order valence-electron chi connectivity index (χ3n) is 1.92. The summed E-state index contributed by atoms with van der Waals surface area (Å²) < 4.78 is 4.77. The van der Waals surface area contributed by atoms with Crippen molar-refractivity contribution in [2.45, 2.75) is 12.5 Å². The molecular weight excluding hydrogens is 217 g/mol. The van der Waals surface area contributed by atoms with E-state index in [1.165, 1.54) is 6.07 Å². The van der Waals surface area contributed by atoms with Crippen LogP contribution in [0.25, 0.3) is 0 Å². The third kappa shape index (κ3) is 3.08. The van der Waals surface area contributed by atoms with Crippen molar-refractivity contribution in [1.82, 2.24) is 0 Å². The zero-order valence-corrected chi connectivity index (χ0v) is 9.04. The molecule has 0 aromatic heterocycles. The Morgan fingerprint density at radius 1 is 1.60 bits per heavy atom. The molecule has 1 aromatic carbocycles. The van der Waals surface area contributed by atoms with Gasteiger partial charge in [0.05, 0.1) is 9.47 Å². The second-order valence-corrected chi connectivity index (χ2v) is 3.30. The average Bonchev–Trinajstić information content (AvgIpc) is 2.18. The first-order valence-electron chi connectivity index (χ1n) is 4.21. The number of aliphatic carboxylic acids is 1. The van der Waals surface area contributed by atoms with Gasteiger partial charge in [-0.25, -0.2) is 0 Å². The number of carboxylic acid groups (broad SMARTS) is 1. The maximum Gasteiger partial charge on any atom is 0.320 e. The lowest BCUT2D eigenvalue weighted by Gasteiger charge is -2.08. The Hall–Kier alpha value is -1.32. The van der Waals surface area contributed by atoms with Gasteiger partial charge in [-0.15, -0.1) is 0 Å². The number of phenols is 1. The minimum atomic E-state index is -1.07. The number of phenolic OH excluding ortho intramolecular Hbond substituents is 1. The predicted octanol–water partition coefficient (Wildman–Crippen LogP) is 0.515. The van der Waals surface area contributed by atoms with Crippen LogP contribution in [0.5, 0.6) is 11.5 Å². The van der Waals surface area contributed by atoms with Crippen LogP contribution < -0.4 is 10.3 Å². The van der Waals surface area contributed by atoms with Gasteiger partial charge in [-0.2, -0.15) is 0 Å². The van der Waals surface area contributed by atoms with Crippen molar-refractivity contribution in [2.75, 3.05) is 0 Å². The molecule has 0 heterocycles. The SMILES string of the molecule is N[C@@H](Cc1ccc(OP)c(O)c1)C(=O)O. The maximum atomic E-state index is 10.5. The summed E-state index contributed by atoms with van der Waals surface area (Å²) in [7, 11) is 2.01. The first-order valence-corrected chi connectivity index (χ1v) is 4.68. The smallest absolute Gasteiger partial charge is 0.320 e. The summed E-state index contributed by atoms with van der Waals surface area (Å²) in [6.45, 7) is 0. The first kappa shape index (κ1) is 11.8. The molecule has 0 aliphatic heterocycles. The normalized spacial score (nSPS) is 12.1. The minimum Gasteiger partial charge on any atom is -0.504 e. The van der Waals surface area contributed by atoms with Gasteiger partial charge in [-0.1, -0.05) is 6.07 Å². The molecule has 0 spiro atoms. The van der Waals surface area contributed by atoms with Gasteiger partial charge in [-0.05, 0) is 24.1 Å². The Morgan fingerprint density at radius 2 is 2.27 bits per heavy atom. The van der Waals surface area contributed by atoms with Gasteiger partial charge in [0.15, 0.2) is 11.5 Å². The molecule has 0 bridgehead atoms. The van der Waals surface area contributed by atoms with E-state index in [1.54, 1.807) is 12.1 Å². The molecule has 0 saturated heterocycles. The van der Waals surface area contributed by atoms with Crippen LogP contribution in [0.4, 0.5) is 0 Å². The third-order valence-corrected chi connectivity index (χ3v) is 2.18. The predicted molar refractivity (Wildman–Crippen MR) is 57.8 cm³/mol. The standard InChI is InChI=1S/C9H12NO4P/c10-6(9(12)13)3-5-1-2-8(14-15)7(11)4-5/h1-2,4,6,11H,3,10,15H2,(H,12,13)/t6-/m0/s1. The summed E-state index contributed by atoms with van der Waals surface area (Å²) in [6.07, 6.45) is 0.167. The Balaban J connectivity index is 2.79. The van der Waals surface area contributed by atoms with Crippen molar-refractivity contribution in [3.8, 4) is 11.5 Å². The minimum absolute atomic E-state index is 0.0416. The van der Waals surface area contributed by atoms with Crippen molar-refractivity contribution in [3.63, 3.8) is 0 Å². The van der Waals surface area contributed by atoms with E-state index < -0.39 is 12.0 Å². The van der Waals surface area contributed by atoms with E-state index in [0.29, 0.717) is 11.3 Å². The highest BCUT2D eigenvalue weighted by Gasteiger charge is 2.13. The number of benzene rings is 1. The Kier molecular flexibility index (Phi) is 3.88. The number of rotatable bonds is 4. The lowest BCUT2D eigenvalue weighted by atomic mass is 10.1. The number of nitrogens with two attached hydrogens (primary N) is 1. The molecule has 15 heavy (non-hydrogen) atoms. The quantitative estimate of drug-likeness (QED) is 0.654. The number of hydrogen-bond donors (Lipinski definition) is 3. The zero-order valence-electron chi connectivity index (χ0n) is 7.88. The summed E-state index contributed by atoms with van der Waals surface area (Å²) in [6, 6.07) is 3.67. The van der Waals surface area contributed by atoms with E-state index in [9.17, 15) is 9.90 Å². The van der Waals surface area contributed by atoms with Gasteiger partial charge in [-0.3, -0.25) is 4.79 Å². The fourth-order valence-corrected chi connectivity index (χ4v) is 1.33. The Morgan fingerprint density at radius 3 is 2.73 bits per heavy atom. The highest BCUT2D eigenvalue weighted by Crippen LogP contribution is 2.28. The fraction of sp³-hybridized carbons (Fsp3) is 0.222. The van der Waals surface area contributed by atoms with E-state index in [2.05, 4.69) is 0 Å². The molecule has 0 radical (unpaired) electrons. The van der Waals surface area contributed by atoms with Crippen LogP contribution in [0.1, 0.15) is 5.56 Å². The average molecular weight is 229 g/mol. The lowest BCUT2D eigenvalue weighted by molar-refractivity contribution is -0.138. The molecule has 5 nitrogen and oxygen atoms in total. The van der Waals surface area contributed by atoms with Crippen LogP contribution in [-0.4, -0.2) is 22.2 Å². The summed E-state index contributed by atoms with van der Waals surface area (Å²) in [5, 5.41) is 18.0. The van der Waals surface area contributed by atoms with E-state index in [1.807, 2.05) is 9.47 Å². The topological polar surface area (TPSA) is 92.8 Å². The van der Waals surface area contributed by atoms with Gasteiger partial charge in [0.25, 0.3) is 0 Å². The summed E-state index contributed by atoms with van der Waals surface area (Å²) >= 11 is 0. The fourth-order valence-electron chi connectivity index (χ4n) is 1.13. The molecule has 0 amide bonds. The summed E-state index contributed by atoms with van der Waals surface area (Å²) in [5.74, 6) is -0.798. The lowest BCUT2D eigenvalue weighted by Crippen LogP contribution is -2.32. The van der Waals surface area contributed by atoms with Crippen LogP contribution in [-0.2, 0) is 11.2 Å². The largest absolute Gasteiger partial charge is 0.504 e. The van der Waals surface area contributed by atoms with Gasteiger partial charge >= 0.3 is 5.97 Å². The molecule has 1 rings (SSSR count). The Labute approximate surface area is 89.1 Å². The number of carboxylic acids is 1. The van der Waals surface area contributed by atoms with Crippen molar-refractivity contribution in [1.29, 1.82) is 0 Å². The van der Waals surface area contributed by atoms with Crippen LogP contribution in [0.3, 0.4) is 0 Å². The molecule has 0 aliphatic carbocycles. The van der Waals surface area contributed by atoms with Crippen molar-refractivity contribution in [3.05, 3.63) is 23.8 Å². The monoisotopic (exact) mass is 229 g/mol. The van der Waals surface area contributed by atoms with E-state index in [4.69, 9.17) is 15.4 Å². The van der Waals surface area contributed by atoms with Crippen LogP contribution >= 0.6 is 9.47 Å². The van der Waals surface area contributed by atoms with Crippen molar-refractivity contribution < 1.29 is 19.5 Å². The molecule has 1 unspecified atom stereocenters. The van der Waals surface area contributed by atoms with Crippen LogP contribution in [0, 0.1) is 0 Å². The Bertz CT molecular complexity index is 369. The summed E-state index contributed by atoms with van der Waals surface area (Å²) in [4.78, 5) is 10.5. The van der Waals surface area contributed by atoms with Crippen molar-refractivity contribution in [2.24, 2.45) is 5.73 Å². The molecule has 0 saturated carbocycles. The maximum absolute atomic E-state index is 10.5. The molecule has 2 atom stereocenters. The second-order valence-electron chi connectivity index (χ2n) is 3.07. The van der Waals surface area contributed by atoms with E-state index in [0.717, 1.165) is 0 Å². The van der Waals surface area contributed by atoms with Gasteiger partial charge in [0, 0.05) is 0 Å². The highest BCUT2D eigenvalue weighted by atomic mass is 31.0. The zero-order chi connectivity index (χ0) is 11.4. The van der Waals surface area contributed by atoms with Crippen molar-refractivity contribution >= 4 is 15.4 Å². The van der Waals surface area contributed by atoms with Gasteiger partial charge < -0.3 is 20.5 Å². The van der Waals surface area contributed by atoms with E-state index in [-0.39, 0.29) is 12.2 Å². The molecule has 82 valence electrons. The summed E-state index contributed by atoms with van der Waals surface area (Å²) in [5.41, 5.74) is 6.00. The van der Waals surface area contributed by atoms with Crippen LogP contribution in [0.15, 0.2) is 18.2 Å². The van der Waals surface area contributed by atoms with E-state index >= 15 is 0 Å². The second kappa shape index (κ2) is 4.96. The molecule has 4 N–H and O–H groups in total. The number of aromatic hydroxyl groups is 1. The van der Waals surface area contributed by atoms with Gasteiger partial charge in [0.1, 0.15) is 6.04 Å².